The topological polar surface area (TPSA) is 18.5 Å². The maximum Gasteiger partial charge on any atom is 0.494 e. The minimum atomic E-state index is -0.323. The molecule has 1 aliphatic heterocycles. The molecule has 3 atom stereocenters. The van der Waals surface area contributed by atoms with Gasteiger partial charge in [0.25, 0.3) is 0 Å². The first-order valence-electron chi connectivity index (χ1n) is 11.5. The molecule has 3 aliphatic carbocycles. The lowest BCUT2D eigenvalue weighted by molar-refractivity contribution is 0.00578. The molecule has 0 amide bonds. The summed E-state index contributed by atoms with van der Waals surface area (Å²) in [5, 5.41) is 0. The molecule has 2 fully saturated rings. The van der Waals surface area contributed by atoms with Crippen LogP contribution >= 0.6 is 0 Å². The first-order valence-corrected chi connectivity index (χ1v) is 11.5. The molecule has 154 valence electrons. The van der Waals surface area contributed by atoms with Crippen LogP contribution in [0.3, 0.4) is 0 Å². The van der Waals surface area contributed by atoms with E-state index < -0.39 is 0 Å². The zero-order chi connectivity index (χ0) is 20.9. The van der Waals surface area contributed by atoms with Crippen molar-refractivity contribution >= 4 is 12.6 Å². The Balaban J connectivity index is 1.54. The first-order chi connectivity index (χ1) is 14.2. The first kappa shape index (κ1) is 18.9. The molecule has 2 aromatic carbocycles. The molecule has 2 nitrogen and oxygen atoms in total. The summed E-state index contributed by atoms with van der Waals surface area (Å²) in [7, 11) is -0.315. The smallest absolute Gasteiger partial charge is 0.399 e. The van der Waals surface area contributed by atoms with Gasteiger partial charge in [-0.1, -0.05) is 61.0 Å². The summed E-state index contributed by atoms with van der Waals surface area (Å²) < 4.78 is 12.8. The van der Waals surface area contributed by atoms with Gasteiger partial charge in [-0.05, 0) is 86.5 Å². The highest BCUT2D eigenvalue weighted by molar-refractivity contribution is 6.62. The zero-order valence-corrected chi connectivity index (χ0v) is 18.8. The molecular formula is C27H31BO2. The number of allylic oxidation sites excluding steroid dienone is 2. The fourth-order valence-electron chi connectivity index (χ4n) is 6.61. The van der Waals surface area contributed by atoms with Crippen LogP contribution < -0.4 is 5.46 Å². The summed E-state index contributed by atoms with van der Waals surface area (Å²) in [6, 6.07) is 16.0. The minimum Gasteiger partial charge on any atom is -0.399 e. The quantitative estimate of drug-likeness (QED) is 0.458. The Morgan fingerprint density at radius 2 is 1.60 bits per heavy atom. The zero-order valence-electron chi connectivity index (χ0n) is 18.8. The van der Waals surface area contributed by atoms with Crippen molar-refractivity contribution in [2.45, 2.75) is 70.5 Å². The molecule has 0 radical (unpaired) electrons. The summed E-state index contributed by atoms with van der Waals surface area (Å²) in [5.41, 5.74) is 7.93. The molecule has 1 saturated heterocycles. The Morgan fingerprint density at radius 1 is 0.900 bits per heavy atom. The van der Waals surface area contributed by atoms with Gasteiger partial charge < -0.3 is 9.31 Å². The van der Waals surface area contributed by atoms with Crippen molar-refractivity contribution in [3.63, 3.8) is 0 Å². The van der Waals surface area contributed by atoms with Crippen molar-refractivity contribution in [1.29, 1.82) is 0 Å². The average molecular weight is 398 g/mol. The monoisotopic (exact) mass is 398 g/mol. The van der Waals surface area contributed by atoms with Gasteiger partial charge in [0, 0.05) is 5.41 Å². The fraction of sp³-hybridized carbons (Fsp3) is 0.481. The van der Waals surface area contributed by atoms with E-state index in [1.807, 2.05) is 0 Å². The molecule has 1 spiro atoms. The van der Waals surface area contributed by atoms with Crippen LogP contribution in [0.5, 0.6) is 0 Å². The lowest BCUT2D eigenvalue weighted by atomic mass is 9.58. The normalized spacial score (nSPS) is 32.3. The number of benzene rings is 2. The lowest BCUT2D eigenvalue weighted by Gasteiger charge is -2.44. The minimum absolute atomic E-state index is 0.0125. The average Bonchev–Trinajstić information content (AvgIpc) is 3.30. The second-order valence-electron chi connectivity index (χ2n) is 10.9. The van der Waals surface area contributed by atoms with Gasteiger partial charge in [-0.3, -0.25) is 0 Å². The van der Waals surface area contributed by atoms with Crippen LogP contribution in [0.25, 0.3) is 11.1 Å². The van der Waals surface area contributed by atoms with Gasteiger partial charge >= 0.3 is 7.12 Å². The molecule has 30 heavy (non-hydrogen) atoms. The lowest BCUT2D eigenvalue weighted by Crippen LogP contribution is -2.41. The van der Waals surface area contributed by atoms with Crippen molar-refractivity contribution < 1.29 is 9.31 Å². The third kappa shape index (κ3) is 2.23. The van der Waals surface area contributed by atoms with Gasteiger partial charge in [0.15, 0.2) is 0 Å². The Kier molecular flexibility index (Phi) is 3.71. The molecule has 0 aromatic heterocycles. The van der Waals surface area contributed by atoms with Crippen LogP contribution in [0.2, 0.25) is 0 Å². The summed E-state index contributed by atoms with van der Waals surface area (Å²) in [5.74, 6) is 1.43. The Bertz CT molecular complexity index is 1070. The van der Waals surface area contributed by atoms with E-state index in [9.17, 15) is 0 Å². The van der Waals surface area contributed by atoms with Crippen molar-refractivity contribution in [2.24, 2.45) is 11.8 Å². The summed E-state index contributed by atoms with van der Waals surface area (Å²) in [4.78, 5) is 0. The Morgan fingerprint density at radius 3 is 2.37 bits per heavy atom. The van der Waals surface area contributed by atoms with E-state index in [4.69, 9.17) is 9.31 Å². The Labute approximate surface area is 180 Å². The third-order valence-corrected chi connectivity index (χ3v) is 8.77. The van der Waals surface area contributed by atoms with Crippen molar-refractivity contribution in [2.75, 3.05) is 0 Å². The second-order valence-corrected chi connectivity index (χ2v) is 10.9. The number of rotatable bonds is 1. The molecule has 0 N–H and O–H groups in total. The summed E-state index contributed by atoms with van der Waals surface area (Å²) >= 11 is 0. The van der Waals surface area contributed by atoms with Crippen LogP contribution in [0.1, 0.15) is 65.0 Å². The molecule has 3 unspecified atom stereocenters. The van der Waals surface area contributed by atoms with Crippen molar-refractivity contribution in [3.05, 3.63) is 65.2 Å². The van der Waals surface area contributed by atoms with Gasteiger partial charge in [0.05, 0.1) is 11.2 Å². The highest BCUT2D eigenvalue weighted by atomic mass is 16.7. The van der Waals surface area contributed by atoms with E-state index in [1.54, 1.807) is 5.57 Å². The predicted molar refractivity (Wildman–Crippen MR) is 123 cm³/mol. The van der Waals surface area contributed by atoms with Gasteiger partial charge in [0.1, 0.15) is 0 Å². The molecule has 2 aromatic rings. The molecule has 1 heterocycles. The van der Waals surface area contributed by atoms with Gasteiger partial charge in [-0.15, -0.1) is 0 Å². The summed E-state index contributed by atoms with van der Waals surface area (Å²) in [6.07, 6.45) is 6.35. The van der Waals surface area contributed by atoms with Crippen molar-refractivity contribution in [3.8, 4) is 11.1 Å². The highest BCUT2D eigenvalue weighted by Crippen LogP contribution is 2.63. The van der Waals surface area contributed by atoms with E-state index in [0.717, 1.165) is 11.4 Å². The van der Waals surface area contributed by atoms with Crippen LogP contribution in [0.15, 0.2) is 54.1 Å². The van der Waals surface area contributed by atoms with E-state index in [1.165, 1.54) is 41.5 Å². The van der Waals surface area contributed by atoms with Crippen molar-refractivity contribution in [1.82, 2.24) is 0 Å². The van der Waals surface area contributed by atoms with Crippen LogP contribution in [0, 0.1) is 11.8 Å². The molecular weight excluding hydrogens is 367 g/mol. The predicted octanol–water partition coefficient (Wildman–Crippen LogP) is 5.63. The number of fused-ring (bicyclic) bond motifs is 8. The standard InChI is InChI=1S/C27H31BO2/c1-17-14-18-10-11-19(15-18)27(17)23-9-7-6-8-21(23)22-13-12-20(16-24(22)27)28-29-25(2,3)26(4,5)30-28/h6-9,11-13,16-18H,10,14-15H2,1-5H3. The molecule has 1 saturated carbocycles. The van der Waals surface area contributed by atoms with Crippen LogP contribution in [0.4, 0.5) is 0 Å². The molecule has 6 rings (SSSR count). The number of hydrogen-bond acceptors (Lipinski definition) is 2. The fourth-order valence-corrected chi connectivity index (χ4v) is 6.61. The molecule has 3 heteroatoms. The Hall–Kier alpha value is -1.84. The highest BCUT2D eigenvalue weighted by Gasteiger charge is 2.55. The van der Waals surface area contributed by atoms with E-state index in [2.05, 4.69) is 83.2 Å². The maximum absolute atomic E-state index is 6.41. The van der Waals surface area contributed by atoms with Gasteiger partial charge in [-0.2, -0.15) is 0 Å². The van der Waals surface area contributed by atoms with Crippen LogP contribution in [-0.2, 0) is 14.7 Å². The summed E-state index contributed by atoms with van der Waals surface area (Å²) in [6.45, 7) is 11.0. The van der Waals surface area contributed by atoms with Gasteiger partial charge in [-0.25, -0.2) is 0 Å². The van der Waals surface area contributed by atoms with E-state index in [0.29, 0.717) is 5.92 Å². The maximum atomic E-state index is 6.41. The van der Waals surface area contributed by atoms with E-state index >= 15 is 0 Å². The third-order valence-electron chi connectivity index (χ3n) is 8.77. The molecule has 4 aliphatic rings. The largest absolute Gasteiger partial charge is 0.494 e. The van der Waals surface area contributed by atoms with Crippen LogP contribution in [-0.4, -0.2) is 18.3 Å². The SMILES string of the molecule is CC1CC2CC=C(C2)C12c1ccccc1-c1ccc(B3OC(C)(C)C(C)(C)O3)cc12. The van der Waals surface area contributed by atoms with E-state index in [-0.39, 0.29) is 23.7 Å². The van der Waals surface area contributed by atoms with Gasteiger partial charge in [0.2, 0.25) is 0 Å². The molecule has 2 bridgehead atoms. The second kappa shape index (κ2) is 5.90. The number of hydrogen-bond donors (Lipinski definition) is 0.